The molecule has 1 aliphatic rings. The van der Waals surface area contributed by atoms with Crippen molar-refractivity contribution >= 4 is 29.6 Å². The third-order valence-electron chi connectivity index (χ3n) is 11.8. The normalized spacial score (nSPS) is 21.6. The summed E-state index contributed by atoms with van der Waals surface area (Å²) < 4.78 is 12.0. The van der Waals surface area contributed by atoms with Gasteiger partial charge in [-0.25, -0.2) is 4.79 Å². The second kappa shape index (κ2) is 21.7. The summed E-state index contributed by atoms with van der Waals surface area (Å²) in [4.78, 5) is 71.3. The molecule has 0 aliphatic carbocycles. The summed E-state index contributed by atoms with van der Waals surface area (Å²) in [6.45, 7) is 19.4. The Morgan fingerprint density at radius 2 is 1.49 bits per heavy atom. The van der Waals surface area contributed by atoms with Crippen LogP contribution in [0.1, 0.15) is 92.7 Å². The largest absolute Gasteiger partial charge is 0.480 e. The highest BCUT2D eigenvalue weighted by molar-refractivity contribution is 5.90. The maximum Gasteiger partial charge on any atom is 0.326 e. The Bertz CT molecular complexity index is 1420. The molecule has 1 aromatic rings. The molecule has 55 heavy (non-hydrogen) atoms. The van der Waals surface area contributed by atoms with E-state index in [1.807, 2.05) is 79.7 Å². The van der Waals surface area contributed by atoms with Crippen molar-refractivity contribution in [3.05, 3.63) is 35.4 Å². The van der Waals surface area contributed by atoms with E-state index in [0.717, 1.165) is 11.1 Å². The van der Waals surface area contributed by atoms with Gasteiger partial charge in [0, 0.05) is 33.7 Å². The van der Waals surface area contributed by atoms with Crippen LogP contribution in [0.15, 0.2) is 24.3 Å². The number of ether oxygens (including phenoxy) is 2. The molecule has 2 rings (SSSR count). The van der Waals surface area contributed by atoms with Crippen LogP contribution < -0.4 is 16.0 Å². The first-order valence-corrected chi connectivity index (χ1v) is 20.0. The highest BCUT2D eigenvalue weighted by Crippen LogP contribution is 2.36. The fourth-order valence-corrected chi connectivity index (χ4v) is 8.03. The van der Waals surface area contributed by atoms with E-state index in [9.17, 15) is 29.1 Å². The highest BCUT2D eigenvalue weighted by atomic mass is 16.5. The Morgan fingerprint density at radius 1 is 0.909 bits per heavy atom. The number of carboxylic acids is 1. The van der Waals surface area contributed by atoms with Gasteiger partial charge in [-0.3, -0.25) is 19.2 Å². The first-order chi connectivity index (χ1) is 25.7. The Balaban J connectivity index is 2.36. The number of likely N-dealkylation sites (N-methyl/N-ethyl adjacent to an activating group) is 2. The quantitative estimate of drug-likeness (QED) is 0.144. The molecule has 0 saturated carbocycles. The molecule has 11 atom stereocenters. The Labute approximate surface area is 330 Å². The number of nitrogens with zero attached hydrogens (tertiary/aromatic N) is 2. The minimum Gasteiger partial charge on any atom is -0.480 e. The van der Waals surface area contributed by atoms with Gasteiger partial charge in [0.05, 0.1) is 42.7 Å². The summed E-state index contributed by atoms with van der Waals surface area (Å²) in [7, 11) is 6.48. The zero-order valence-corrected chi connectivity index (χ0v) is 35.8. The number of carbonyl (C=O) groups is 5. The second-order valence-corrected chi connectivity index (χ2v) is 16.4. The number of rotatable bonds is 21. The Morgan fingerprint density at radius 3 is 1.96 bits per heavy atom. The van der Waals surface area contributed by atoms with Gasteiger partial charge in [0.15, 0.2) is 0 Å². The third-order valence-corrected chi connectivity index (χ3v) is 11.8. The number of nitrogens with one attached hydrogen (secondary N) is 3. The molecule has 1 heterocycles. The minimum atomic E-state index is -1.14. The summed E-state index contributed by atoms with van der Waals surface area (Å²) in [5, 5.41) is 18.7. The molecule has 0 aromatic heterocycles. The summed E-state index contributed by atoms with van der Waals surface area (Å²) in [5.74, 6) is -3.24. The Hall–Kier alpha value is -3.55. The molecule has 13 heteroatoms. The average Bonchev–Trinajstić information content (AvgIpc) is 3.42. The molecule has 13 nitrogen and oxygen atoms in total. The van der Waals surface area contributed by atoms with Crippen LogP contribution in [0.25, 0.3) is 0 Å². The van der Waals surface area contributed by atoms with Crippen molar-refractivity contribution in [2.24, 2.45) is 29.6 Å². The zero-order valence-electron chi connectivity index (χ0n) is 35.8. The third kappa shape index (κ3) is 12.2. The van der Waals surface area contributed by atoms with Gasteiger partial charge in [0.25, 0.3) is 0 Å². The lowest BCUT2D eigenvalue weighted by Gasteiger charge is -2.41. The van der Waals surface area contributed by atoms with E-state index in [4.69, 9.17) is 9.47 Å². The first-order valence-electron chi connectivity index (χ1n) is 20.0. The van der Waals surface area contributed by atoms with Crippen LogP contribution in [0, 0.1) is 36.5 Å². The molecule has 0 bridgehead atoms. The van der Waals surface area contributed by atoms with E-state index < -0.39 is 60.2 Å². The molecule has 1 saturated heterocycles. The average molecular weight is 774 g/mol. The topological polar surface area (TPSA) is 167 Å². The molecule has 312 valence electrons. The lowest BCUT2D eigenvalue weighted by atomic mass is 9.89. The number of aryl methyl sites for hydroxylation is 1. The van der Waals surface area contributed by atoms with Gasteiger partial charge >= 0.3 is 5.97 Å². The molecule has 4 amide bonds. The van der Waals surface area contributed by atoms with Gasteiger partial charge in [-0.05, 0) is 56.6 Å². The fraction of sp³-hybridized carbons (Fsp3) is 0.738. The van der Waals surface area contributed by atoms with Crippen LogP contribution in [0.3, 0.4) is 0 Å². The van der Waals surface area contributed by atoms with Gasteiger partial charge in [0.2, 0.25) is 23.6 Å². The maximum atomic E-state index is 14.5. The zero-order chi connectivity index (χ0) is 41.9. The number of carbonyl (C=O) groups excluding carboxylic acids is 4. The van der Waals surface area contributed by atoms with E-state index >= 15 is 0 Å². The van der Waals surface area contributed by atoms with Crippen molar-refractivity contribution in [3.8, 4) is 0 Å². The molecule has 1 aliphatic heterocycles. The lowest BCUT2D eigenvalue weighted by molar-refractivity contribution is -0.149. The van der Waals surface area contributed by atoms with Gasteiger partial charge < -0.3 is 40.3 Å². The number of methoxy groups -OCH3 is 2. The van der Waals surface area contributed by atoms with Crippen LogP contribution in [0.2, 0.25) is 0 Å². The molecule has 0 radical (unpaired) electrons. The number of amides is 4. The van der Waals surface area contributed by atoms with E-state index in [-0.39, 0.29) is 60.3 Å². The van der Waals surface area contributed by atoms with Crippen molar-refractivity contribution in [1.29, 1.82) is 0 Å². The Kier molecular flexibility index (Phi) is 18.8. The van der Waals surface area contributed by atoms with Crippen LogP contribution in [-0.4, -0.2) is 121 Å². The van der Waals surface area contributed by atoms with Crippen LogP contribution in [0.4, 0.5) is 0 Å². The smallest absolute Gasteiger partial charge is 0.326 e. The SMILES string of the molecule is CC[C@H](C)[C@@H](C(CC(=O)N1C(C)[C@@H](C)C[C@H]1C(OC)[C@@H](C)C(=O)N[C@@H](Cc1ccc(C)cc1)C(=O)O)OC)N(C)C(=O)[C@@H](NC(=O)C(NC)C(C)C)C(C)C. The van der Waals surface area contributed by atoms with Crippen molar-refractivity contribution in [2.45, 2.75) is 143 Å². The predicted octanol–water partition coefficient (Wildman–Crippen LogP) is 4.05. The lowest BCUT2D eigenvalue weighted by Crippen LogP contribution is -2.60. The van der Waals surface area contributed by atoms with E-state index in [2.05, 4.69) is 22.9 Å². The first kappa shape index (κ1) is 47.6. The van der Waals surface area contributed by atoms with Crippen molar-refractivity contribution in [2.75, 3.05) is 28.3 Å². The number of likely N-dealkylation sites (tertiary alicyclic amines) is 1. The molecule has 4 N–H and O–H groups in total. The van der Waals surface area contributed by atoms with Crippen LogP contribution in [0.5, 0.6) is 0 Å². The monoisotopic (exact) mass is 774 g/mol. The fourth-order valence-electron chi connectivity index (χ4n) is 8.03. The summed E-state index contributed by atoms with van der Waals surface area (Å²) >= 11 is 0. The number of aliphatic carboxylic acids is 1. The number of hydrogen-bond acceptors (Lipinski definition) is 8. The molecular formula is C42H71N5O8. The molecule has 1 fully saturated rings. The van der Waals surface area contributed by atoms with Crippen LogP contribution >= 0.6 is 0 Å². The predicted molar refractivity (Wildman–Crippen MR) is 214 cm³/mol. The van der Waals surface area contributed by atoms with E-state index in [1.165, 1.54) is 7.11 Å². The summed E-state index contributed by atoms with van der Waals surface area (Å²) in [6.07, 6.45) is -0.00538. The molecule has 4 unspecified atom stereocenters. The summed E-state index contributed by atoms with van der Waals surface area (Å²) in [5.41, 5.74) is 1.84. The minimum absolute atomic E-state index is 0.0164. The summed E-state index contributed by atoms with van der Waals surface area (Å²) in [6, 6.07) is 3.97. The van der Waals surface area contributed by atoms with Gasteiger partial charge in [-0.2, -0.15) is 0 Å². The van der Waals surface area contributed by atoms with E-state index in [0.29, 0.717) is 12.8 Å². The highest BCUT2D eigenvalue weighted by Gasteiger charge is 2.47. The number of benzene rings is 1. The van der Waals surface area contributed by atoms with Gasteiger partial charge in [-0.1, -0.05) is 91.6 Å². The van der Waals surface area contributed by atoms with Gasteiger partial charge in [-0.15, -0.1) is 0 Å². The van der Waals surface area contributed by atoms with Crippen LogP contribution in [-0.2, 0) is 39.9 Å². The number of carboxylic acid groups (broad SMARTS) is 1. The van der Waals surface area contributed by atoms with E-state index in [1.54, 1.807) is 37.9 Å². The standard InChI is InChI=1S/C42H71N5O8/c1-15-26(7)37(46(12)41(51)36(24(4)5)45-40(50)35(43-11)23(2)3)33(54-13)22-34(48)47-29(10)27(8)20-32(47)38(55-14)28(9)39(49)44-31(42(52)53)21-30-18-16-25(6)17-19-30/h16-19,23-24,26-29,31-33,35-38,43H,15,20-22H2,1-14H3,(H,44,49)(H,45,50)(H,52,53)/t26-,27-,28+,29?,31-,32-,33?,35?,36-,37-,38?/m0/s1. The van der Waals surface area contributed by atoms with Crippen molar-refractivity contribution < 1.29 is 38.6 Å². The molecular weight excluding hydrogens is 702 g/mol. The van der Waals surface area contributed by atoms with Crippen molar-refractivity contribution in [3.63, 3.8) is 0 Å². The van der Waals surface area contributed by atoms with Crippen molar-refractivity contribution in [1.82, 2.24) is 25.8 Å². The van der Waals surface area contributed by atoms with Gasteiger partial charge in [0.1, 0.15) is 12.1 Å². The number of hydrogen-bond donors (Lipinski definition) is 4. The maximum absolute atomic E-state index is 14.5. The second-order valence-electron chi connectivity index (χ2n) is 16.4. The molecule has 0 spiro atoms. The molecule has 1 aromatic carbocycles.